The molecular weight excluding hydrogens is 751 g/mol. The van der Waals surface area contributed by atoms with Gasteiger partial charge in [-0.05, 0) is 148 Å². The van der Waals surface area contributed by atoms with Crippen LogP contribution in [0.2, 0.25) is 18.6 Å². The van der Waals surface area contributed by atoms with Gasteiger partial charge < -0.3 is 4.57 Å². The lowest BCUT2D eigenvalue weighted by molar-refractivity contribution is 0.138. The molecule has 5 aliphatic rings. The van der Waals surface area contributed by atoms with Crippen LogP contribution in [0, 0.1) is 24.7 Å². The van der Waals surface area contributed by atoms with Crippen LogP contribution in [0.25, 0.3) is 16.7 Å². The predicted octanol–water partition coefficient (Wildman–Crippen LogP) is 15.8. The Morgan fingerprint density at radius 2 is 1.18 bits per heavy atom. The highest BCUT2D eigenvalue weighted by atomic mass is 28.3. The summed E-state index contributed by atoms with van der Waals surface area (Å²) in [4.78, 5) is 0. The molecule has 0 bridgehead atoms. The number of nitrogens with zero attached hydrogens (tertiary/aromatic N) is 1. The molecule has 0 amide bonds. The first-order chi connectivity index (χ1) is 28.5. The Kier molecular flexibility index (Phi) is 10.0. The third-order valence-corrected chi connectivity index (χ3v) is 21.6. The molecule has 61 heavy (non-hydrogen) atoms. The maximum atomic E-state index is 3.17. The van der Waals surface area contributed by atoms with Crippen molar-refractivity contribution < 1.29 is 0 Å². The van der Waals surface area contributed by atoms with Crippen molar-refractivity contribution in [2.45, 2.75) is 180 Å². The molecule has 0 N–H and O–H groups in total. The van der Waals surface area contributed by atoms with Crippen LogP contribution >= 0.6 is 0 Å². The van der Waals surface area contributed by atoms with Crippen LogP contribution < -0.4 is 0 Å². The average Bonchev–Trinajstić information content (AvgIpc) is 3.76. The van der Waals surface area contributed by atoms with Gasteiger partial charge in [0.15, 0.2) is 0 Å². The summed E-state index contributed by atoms with van der Waals surface area (Å²) in [7, 11) is -1.97. The van der Waals surface area contributed by atoms with Crippen LogP contribution in [0.4, 0.5) is 0 Å². The van der Waals surface area contributed by atoms with Crippen molar-refractivity contribution in [2.24, 2.45) is 17.8 Å². The fourth-order valence-electron chi connectivity index (χ4n) is 14.5. The Hall–Kier alpha value is -3.46. The highest BCUT2D eigenvalue weighted by Gasteiger charge is 2.59. The number of rotatable bonds is 5. The van der Waals surface area contributed by atoms with Gasteiger partial charge in [0.1, 0.15) is 8.24 Å². The molecule has 0 aromatic heterocycles. The molecule has 4 aromatic rings. The minimum Gasteiger partial charge on any atom is -0.316 e. The highest BCUT2D eigenvalue weighted by molar-refractivity contribution is 6.76. The molecule has 4 atom stereocenters. The van der Waals surface area contributed by atoms with E-state index in [1.807, 2.05) is 0 Å². The van der Waals surface area contributed by atoms with E-state index < -0.39 is 13.7 Å². The van der Waals surface area contributed by atoms with Crippen LogP contribution in [-0.2, 0) is 21.7 Å². The van der Waals surface area contributed by atoms with Gasteiger partial charge in [-0.1, -0.05) is 191 Å². The van der Waals surface area contributed by atoms with Gasteiger partial charge in [0.05, 0.1) is 5.41 Å². The number of benzene rings is 4. The van der Waals surface area contributed by atoms with E-state index in [0.29, 0.717) is 23.3 Å². The molecule has 9 rings (SSSR count). The number of hydrogen-bond donors (Lipinski definition) is 0. The van der Waals surface area contributed by atoms with E-state index in [9.17, 15) is 0 Å². The summed E-state index contributed by atoms with van der Waals surface area (Å²) in [6, 6.07) is 33.0. The molecule has 1 nitrogen and oxygen atoms in total. The number of hydrogen-bond acceptors (Lipinski definition) is 1. The van der Waals surface area contributed by atoms with Crippen LogP contribution in [-0.4, -0.2) is 24.4 Å². The van der Waals surface area contributed by atoms with Crippen molar-refractivity contribution in [3.8, 4) is 11.1 Å². The van der Waals surface area contributed by atoms with E-state index in [-0.39, 0.29) is 21.8 Å². The van der Waals surface area contributed by atoms with Gasteiger partial charge >= 0.3 is 0 Å². The number of allylic oxidation sites excluding steroid dienone is 4. The Morgan fingerprint density at radius 3 is 1.72 bits per heavy atom. The van der Waals surface area contributed by atoms with Crippen molar-refractivity contribution in [1.82, 2.24) is 4.57 Å². The molecule has 322 valence electrons. The standard InChI is InChI=1S/C59H77NSi/c1-37-21-24-40(25-22-37)59(50-34-41(55(3,4)5)26-30-45(50)46-31-27-42(35-51(46)59)56(6,7)8)43-28-32-47-48-29-23-39-33-38(2)54(52(39)53(48)58(12,13)49(47)36-43)61(14,15)60(57(9,10)11)44-19-17-16-18-20-44/h21-32,34-36,38-39,44,52,54H,16-20,33H2,1-15H3. The van der Waals surface area contributed by atoms with Crippen LogP contribution in [0.5, 0.6) is 0 Å². The summed E-state index contributed by atoms with van der Waals surface area (Å²) in [6.07, 6.45) is 13.5. The topological polar surface area (TPSA) is 3.24 Å². The average molecular weight is 828 g/mol. The van der Waals surface area contributed by atoms with Crippen molar-refractivity contribution in [3.63, 3.8) is 0 Å². The maximum Gasteiger partial charge on any atom is 0.127 e. The lowest BCUT2D eigenvalue weighted by Crippen LogP contribution is -2.65. The summed E-state index contributed by atoms with van der Waals surface area (Å²) in [5, 5.41) is 0. The zero-order chi connectivity index (χ0) is 43.8. The lowest BCUT2D eigenvalue weighted by Gasteiger charge is -2.56. The van der Waals surface area contributed by atoms with E-state index in [1.54, 1.807) is 11.1 Å². The van der Waals surface area contributed by atoms with E-state index in [2.05, 4.69) is 199 Å². The molecule has 0 radical (unpaired) electrons. The molecule has 0 aliphatic heterocycles. The zero-order valence-electron chi connectivity index (χ0n) is 40.7. The molecule has 4 unspecified atom stereocenters. The summed E-state index contributed by atoms with van der Waals surface area (Å²) in [5.41, 5.74) is 19.2. The molecular formula is C59H77NSi. The molecule has 0 saturated heterocycles. The summed E-state index contributed by atoms with van der Waals surface area (Å²) < 4.78 is 3.17. The molecule has 4 aromatic carbocycles. The quantitative estimate of drug-likeness (QED) is 0.160. The zero-order valence-corrected chi connectivity index (χ0v) is 41.7. The smallest absolute Gasteiger partial charge is 0.127 e. The van der Waals surface area contributed by atoms with Crippen molar-refractivity contribution >= 4 is 13.8 Å². The fraction of sp³-hybridized carbons (Fsp3) is 0.525. The van der Waals surface area contributed by atoms with Gasteiger partial charge in [0, 0.05) is 17.0 Å². The second-order valence-corrected chi connectivity index (χ2v) is 29.1. The normalized spacial score (nSPS) is 24.5. The molecule has 0 heterocycles. The highest BCUT2D eigenvalue weighted by Crippen LogP contribution is 2.65. The second-order valence-electron chi connectivity index (χ2n) is 24.6. The summed E-state index contributed by atoms with van der Waals surface area (Å²) in [6.45, 7) is 37.5. The third-order valence-electron chi connectivity index (χ3n) is 16.8. The van der Waals surface area contributed by atoms with E-state index in [0.717, 1.165) is 6.04 Å². The monoisotopic (exact) mass is 828 g/mol. The third kappa shape index (κ3) is 6.52. The van der Waals surface area contributed by atoms with Gasteiger partial charge in [-0.25, -0.2) is 0 Å². The van der Waals surface area contributed by atoms with Crippen LogP contribution in [0.1, 0.15) is 172 Å². The van der Waals surface area contributed by atoms with Crippen LogP contribution in [0.15, 0.2) is 96.6 Å². The van der Waals surface area contributed by atoms with Crippen molar-refractivity contribution in [1.29, 1.82) is 0 Å². The Morgan fingerprint density at radius 1 is 0.639 bits per heavy atom. The second kappa shape index (κ2) is 14.3. The van der Waals surface area contributed by atoms with E-state index in [1.165, 1.54) is 99.7 Å². The van der Waals surface area contributed by atoms with Gasteiger partial charge in [-0.2, -0.15) is 0 Å². The van der Waals surface area contributed by atoms with E-state index >= 15 is 0 Å². The van der Waals surface area contributed by atoms with Gasteiger partial charge in [0.25, 0.3) is 0 Å². The summed E-state index contributed by atoms with van der Waals surface area (Å²) in [5.74, 6) is 1.91. The molecule has 2 fully saturated rings. The minimum absolute atomic E-state index is 0.0246. The maximum absolute atomic E-state index is 3.17. The van der Waals surface area contributed by atoms with Gasteiger partial charge in [-0.3, -0.25) is 0 Å². The first kappa shape index (κ1) is 42.8. The SMILES string of the molecule is Cc1ccc(C2(c3ccc4c(c3)C(C)(C)C3=C4C=CC4CC(C)C([Si](C)(C)N(C5CCCCC5)C(C)(C)C)C34)c3cc(C(C)(C)C)ccc3-c3ccc(C(C)(C)C)cc32)cc1. The number of aryl methyl sites for hydroxylation is 1. The Balaban J connectivity index is 1.25. The molecule has 2 heteroatoms. The van der Waals surface area contributed by atoms with Crippen molar-refractivity contribution in [2.75, 3.05) is 0 Å². The van der Waals surface area contributed by atoms with Crippen LogP contribution in [0.3, 0.4) is 0 Å². The largest absolute Gasteiger partial charge is 0.316 e. The first-order valence-corrected chi connectivity index (χ1v) is 27.3. The van der Waals surface area contributed by atoms with Gasteiger partial charge in [0.2, 0.25) is 0 Å². The lowest BCUT2D eigenvalue weighted by atomic mass is 9.65. The fourth-order valence-corrected chi connectivity index (χ4v) is 20.5. The Labute approximate surface area is 372 Å². The summed E-state index contributed by atoms with van der Waals surface area (Å²) >= 11 is 0. The Bertz CT molecular complexity index is 2360. The van der Waals surface area contributed by atoms with Gasteiger partial charge in [-0.15, -0.1) is 0 Å². The van der Waals surface area contributed by atoms with E-state index in [4.69, 9.17) is 0 Å². The first-order valence-electron chi connectivity index (χ1n) is 24.2. The molecule has 2 saturated carbocycles. The number of fused-ring (bicyclic) bond motifs is 7. The van der Waals surface area contributed by atoms with Crippen molar-refractivity contribution in [3.05, 3.63) is 147 Å². The molecule has 5 aliphatic carbocycles. The molecule has 0 spiro atoms. The minimum atomic E-state index is -1.97. The predicted molar refractivity (Wildman–Crippen MR) is 265 cm³/mol.